The quantitative estimate of drug-likeness (QED) is 0.575. The molecule has 1 aliphatic rings. The van der Waals surface area contributed by atoms with Crippen LogP contribution in [0, 0.1) is 5.41 Å². The Morgan fingerprint density at radius 3 is 1.88 bits per heavy atom. The molecule has 0 atom stereocenters. The normalized spacial score (nSPS) is 15.1. The third-order valence-corrected chi connectivity index (χ3v) is 4.51. The molecule has 5 nitrogen and oxygen atoms in total. The summed E-state index contributed by atoms with van der Waals surface area (Å²) in [4.78, 5) is 13.0. The van der Waals surface area contributed by atoms with Crippen molar-refractivity contribution in [3.63, 3.8) is 0 Å². The zero-order valence-corrected chi connectivity index (χ0v) is 17.2. The zero-order chi connectivity index (χ0) is 18.2. The number of carbonyl (C=O) groups is 1. The molecule has 25 heavy (non-hydrogen) atoms. The second kappa shape index (κ2) is 6.80. The minimum absolute atomic E-state index is 0.310. The number of halogens is 2. The lowest BCUT2D eigenvalue weighted by Crippen LogP contribution is -2.55. The van der Waals surface area contributed by atoms with E-state index in [1.165, 1.54) is 10.0 Å². The smallest absolute Gasteiger partial charge is 0.244 e. The number of nitrogens with zero attached hydrogens (tertiary/aromatic N) is 4. The third kappa shape index (κ3) is 3.88. The maximum absolute atomic E-state index is 13.0. The van der Waals surface area contributed by atoms with Gasteiger partial charge < -0.3 is 0 Å². The fourth-order valence-corrected chi connectivity index (χ4v) is 3.01. The maximum atomic E-state index is 13.0. The van der Waals surface area contributed by atoms with Gasteiger partial charge in [-0.25, -0.2) is 4.79 Å². The number of amides is 2. The largest absolute Gasteiger partial charge is 0.370 e. The van der Waals surface area contributed by atoms with E-state index in [-0.39, 0.29) is 11.4 Å². The summed E-state index contributed by atoms with van der Waals surface area (Å²) < 4.78 is 1.75. The highest BCUT2D eigenvalue weighted by atomic mass is 79.9. The van der Waals surface area contributed by atoms with E-state index >= 15 is 0 Å². The van der Waals surface area contributed by atoms with Gasteiger partial charge in [-0.2, -0.15) is 10.0 Å². The topological polar surface area (TPSA) is 50.0 Å². The zero-order valence-electron chi connectivity index (χ0n) is 14.1. The van der Waals surface area contributed by atoms with Crippen LogP contribution < -0.4 is 15.4 Å². The standard InChI is InChI=1S/C18H17Br2N4O/c1-18(2,3)16-21-23(14-8-4-6-12(19)10-14)17(25)24(22-16)15-9-5-7-13(20)11-15/h4-11H,1-3H3. The van der Waals surface area contributed by atoms with Crippen molar-refractivity contribution in [3.05, 3.63) is 57.5 Å². The van der Waals surface area contributed by atoms with Crippen LogP contribution in [-0.4, -0.2) is 11.9 Å². The molecule has 0 aromatic heterocycles. The second-order valence-corrected chi connectivity index (χ2v) is 8.47. The van der Waals surface area contributed by atoms with Crippen LogP contribution in [0.1, 0.15) is 20.8 Å². The number of amidine groups is 1. The molecule has 0 bridgehead atoms. The van der Waals surface area contributed by atoms with E-state index in [1.54, 1.807) is 0 Å². The van der Waals surface area contributed by atoms with Gasteiger partial charge in [-0.1, -0.05) is 64.8 Å². The van der Waals surface area contributed by atoms with Crippen molar-refractivity contribution in [2.75, 3.05) is 10.0 Å². The van der Waals surface area contributed by atoms with Crippen LogP contribution in [-0.2, 0) is 0 Å². The second-order valence-electron chi connectivity index (χ2n) is 6.64. The molecular formula is C18H17Br2N4O. The Labute approximate surface area is 163 Å². The molecular weight excluding hydrogens is 448 g/mol. The number of hydrazone groups is 1. The number of benzene rings is 2. The average molecular weight is 465 g/mol. The summed E-state index contributed by atoms with van der Waals surface area (Å²) in [5, 5.41) is 7.28. The SMILES string of the molecule is CC(C)(C)C1=NN(c2cccc(Br)c2)C(=O)N(c2cccc(Br)c2)[N]1. The summed E-state index contributed by atoms with van der Waals surface area (Å²) in [5.74, 6) is 0.576. The first kappa shape index (κ1) is 17.9. The van der Waals surface area contributed by atoms with Crippen molar-refractivity contribution in [2.45, 2.75) is 20.8 Å². The van der Waals surface area contributed by atoms with Crippen molar-refractivity contribution in [1.29, 1.82) is 0 Å². The van der Waals surface area contributed by atoms with Crippen molar-refractivity contribution in [2.24, 2.45) is 10.5 Å². The summed E-state index contributed by atoms with van der Waals surface area (Å²) in [6, 6.07) is 14.6. The molecule has 0 aliphatic carbocycles. The van der Waals surface area contributed by atoms with Crippen LogP contribution in [0.25, 0.3) is 0 Å². The first-order valence-corrected chi connectivity index (χ1v) is 9.30. The van der Waals surface area contributed by atoms with E-state index in [4.69, 9.17) is 0 Å². The van der Waals surface area contributed by atoms with Crippen molar-refractivity contribution >= 4 is 55.1 Å². The summed E-state index contributed by atoms with van der Waals surface area (Å²) in [6.45, 7) is 6.05. The molecule has 1 heterocycles. The van der Waals surface area contributed by atoms with Crippen LogP contribution in [0.3, 0.4) is 0 Å². The highest BCUT2D eigenvalue weighted by Gasteiger charge is 2.36. The Hall–Kier alpha value is -1.86. The van der Waals surface area contributed by atoms with Crippen molar-refractivity contribution in [1.82, 2.24) is 5.43 Å². The lowest BCUT2D eigenvalue weighted by molar-refractivity contribution is 0.248. The predicted molar refractivity (Wildman–Crippen MR) is 108 cm³/mol. The van der Waals surface area contributed by atoms with Crippen LogP contribution in [0.5, 0.6) is 0 Å². The lowest BCUT2D eigenvalue weighted by atomic mass is 9.95. The highest BCUT2D eigenvalue weighted by Crippen LogP contribution is 2.29. The van der Waals surface area contributed by atoms with E-state index < -0.39 is 0 Å². The number of urea groups is 1. The molecule has 129 valence electrons. The lowest BCUT2D eigenvalue weighted by Gasteiger charge is -2.35. The van der Waals surface area contributed by atoms with Gasteiger partial charge in [-0.3, -0.25) is 0 Å². The van der Waals surface area contributed by atoms with Crippen molar-refractivity contribution in [3.8, 4) is 0 Å². The first-order chi connectivity index (χ1) is 11.8. The minimum Gasteiger partial charge on any atom is -0.244 e. The van der Waals surface area contributed by atoms with Crippen molar-refractivity contribution < 1.29 is 4.79 Å². The summed E-state index contributed by atoms with van der Waals surface area (Å²) in [5.41, 5.74) is 5.55. The Morgan fingerprint density at radius 2 is 1.40 bits per heavy atom. The van der Waals surface area contributed by atoms with Gasteiger partial charge in [0.1, 0.15) is 0 Å². The molecule has 3 rings (SSSR count). The van der Waals surface area contributed by atoms with Gasteiger partial charge >= 0.3 is 6.03 Å². The number of hydrogen-bond donors (Lipinski definition) is 0. The number of carbonyl (C=O) groups excluding carboxylic acids is 1. The highest BCUT2D eigenvalue weighted by molar-refractivity contribution is 9.10. The predicted octanol–water partition coefficient (Wildman–Crippen LogP) is 5.54. The average Bonchev–Trinajstić information content (AvgIpc) is 2.54. The van der Waals surface area contributed by atoms with Crippen LogP contribution >= 0.6 is 31.9 Å². The number of anilines is 2. The maximum Gasteiger partial charge on any atom is 0.370 e. The minimum atomic E-state index is -0.329. The molecule has 2 amide bonds. The summed E-state index contributed by atoms with van der Waals surface area (Å²) in [6.07, 6.45) is 0. The molecule has 0 saturated heterocycles. The molecule has 2 aromatic carbocycles. The molecule has 2 aromatic rings. The van der Waals surface area contributed by atoms with Gasteiger partial charge in [0, 0.05) is 14.4 Å². The van der Waals surface area contributed by atoms with Gasteiger partial charge in [0.25, 0.3) is 0 Å². The fourth-order valence-electron chi connectivity index (χ4n) is 2.24. The first-order valence-electron chi connectivity index (χ1n) is 7.72. The Kier molecular flexibility index (Phi) is 4.88. The molecule has 1 aliphatic heterocycles. The summed E-state index contributed by atoms with van der Waals surface area (Å²) in [7, 11) is 0. The van der Waals surface area contributed by atoms with Gasteiger partial charge in [-0.05, 0) is 36.4 Å². The Balaban J connectivity index is 2.09. The van der Waals surface area contributed by atoms with E-state index in [1.807, 2.05) is 69.3 Å². The van der Waals surface area contributed by atoms with Gasteiger partial charge in [0.2, 0.25) is 0 Å². The molecule has 1 radical (unpaired) electrons. The van der Waals surface area contributed by atoms with E-state index in [2.05, 4.69) is 42.4 Å². The number of rotatable bonds is 2. The molecule has 0 saturated carbocycles. The molecule has 0 N–H and O–H groups in total. The van der Waals surface area contributed by atoms with Crippen LogP contribution in [0.4, 0.5) is 16.2 Å². The molecule has 0 fully saturated rings. The monoisotopic (exact) mass is 463 g/mol. The van der Waals surface area contributed by atoms with E-state index in [0.717, 1.165) is 8.95 Å². The van der Waals surface area contributed by atoms with Gasteiger partial charge in [0.05, 0.1) is 11.4 Å². The van der Waals surface area contributed by atoms with E-state index in [0.29, 0.717) is 17.2 Å². The van der Waals surface area contributed by atoms with Gasteiger partial charge in [0.15, 0.2) is 5.84 Å². The van der Waals surface area contributed by atoms with Crippen LogP contribution in [0.15, 0.2) is 62.6 Å². The Morgan fingerprint density at radius 1 is 0.880 bits per heavy atom. The van der Waals surface area contributed by atoms with Gasteiger partial charge in [-0.15, -0.1) is 10.5 Å². The number of hydrogen-bond acceptors (Lipinski definition) is 2. The molecule has 7 heteroatoms. The Bertz CT molecular complexity index is 845. The molecule has 0 spiro atoms. The fraction of sp³-hybridized carbons (Fsp3) is 0.222. The third-order valence-electron chi connectivity index (χ3n) is 3.53. The van der Waals surface area contributed by atoms with E-state index in [9.17, 15) is 4.79 Å². The molecule has 0 unspecified atom stereocenters. The summed E-state index contributed by atoms with van der Waals surface area (Å²) >= 11 is 6.89. The van der Waals surface area contributed by atoms with Crippen LogP contribution in [0.2, 0.25) is 0 Å².